The zero-order valence-corrected chi connectivity index (χ0v) is 20.5. The Hall–Kier alpha value is -2.53. The molecule has 0 spiro atoms. The second-order valence-corrected chi connectivity index (χ2v) is 10.1. The number of hydrogen-bond acceptors (Lipinski definition) is 4. The highest BCUT2D eigenvalue weighted by atomic mass is 16.5. The normalized spacial score (nSPS) is 24.5. The minimum absolute atomic E-state index is 0.0176. The van der Waals surface area contributed by atoms with E-state index in [-0.39, 0.29) is 29.4 Å². The molecule has 1 amide bonds. The first kappa shape index (κ1) is 23.6. The Morgan fingerprint density at radius 2 is 1.88 bits per heavy atom. The van der Waals surface area contributed by atoms with Crippen LogP contribution in [0.25, 0.3) is 0 Å². The van der Waals surface area contributed by atoms with Gasteiger partial charge >= 0.3 is 0 Å². The number of hydrogen-bond donors (Lipinski definition) is 1. The Bertz CT molecular complexity index is 941. The van der Waals surface area contributed by atoms with E-state index < -0.39 is 0 Å². The highest BCUT2D eigenvalue weighted by Gasteiger charge is 2.47. The van der Waals surface area contributed by atoms with Crippen molar-refractivity contribution in [1.29, 1.82) is 0 Å². The first-order chi connectivity index (χ1) is 15.9. The molecule has 1 unspecified atom stereocenters. The lowest BCUT2D eigenvalue weighted by Gasteiger charge is -2.37. The lowest BCUT2D eigenvalue weighted by molar-refractivity contribution is -0.120. The van der Waals surface area contributed by atoms with Gasteiger partial charge in [0.1, 0.15) is 0 Å². The monoisotopic (exact) mass is 450 g/mol. The van der Waals surface area contributed by atoms with Gasteiger partial charge in [0.15, 0.2) is 11.5 Å². The zero-order chi connectivity index (χ0) is 23.4. The largest absolute Gasteiger partial charge is 0.493 e. The van der Waals surface area contributed by atoms with Crippen LogP contribution in [-0.2, 0) is 11.3 Å². The number of amides is 1. The van der Waals surface area contributed by atoms with Gasteiger partial charge < -0.3 is 14.8 Å². The van der Waals surface area contributed by atoms with Crippen molar-refractivity contribution in [2.24, 2.45) is 5.41 Å². The Balaban J connectivity index is 1.63. The van der Waals surface area contributed by atoms with Crippen LogP contribution < -0.4 is 14.8 Å². The van der Waals surface area contributed by atoms with Crippen molar-refractivity contribution in [2.75, 3.05) is 20.2 Å². The van der Waals surface area contributed by atoms with Crippen LogP contribution in [0.2, 0.25) is 0 Å². The average molecular weight is 451 g/mol. The molecule has 1 saturated heterocycles. The number of nitrogens with zero attached hydrogens (tertiary/aromatic N) is 1. The molecule has 2 aromatic rings. The summed E-state index contributed by atoms with van der Waals surface area (Å²) < 4.78 is 12.0. The molecule has 0 aromatic heterocycles. The summed E-state index contributed by atoms with van der Waals surface area (Å²) in [6, 6.07) is 17.1. The SMILES string of the molecule is COc1ccc([C@@H]2CN(Cc3ccccc3)C[C@@]2(C)C(C)NC(C)=O)cc1OC1CCCC1. The third-order valence-corrected chi connectivity index (χ3v) is 7.64. The molecule has 33 heavy (non-hydrogen) atoms. The highest BCUT2D eigenvalue weighted by Crippen LogP contribution is 2.47. The van der Waals surface area contributed by atoms with E-state index >= 15 is 0 Å². The van der Waals surface area contributed by atoms with Gasteiger partial charge in [0.2, 0.25) is 5.91 Å². The van der Waals surface area contributed by atoms with Gasteiger partial charge in [-0.1, -0.05) is 43.3 Å². The molecule has 1 aliphatic heterocycles. The number of nitrogens with one attached hydrogen (secondary N) is 1. The van der Waals surface area contributed by atoms with Gasteiger partial charge in [-0.2, -0.15) is 0 Å². The molecule has 2 aliphatic rings. The lowest BCUT2D eigenvalue weighted by atomic mass is 9.71. The van der Waals surface area contributed by atoms with Crippen LogP contribution in [0.3, 0.4) is 0 Å². The molecular weight excluding hydrogens is 412 g/mol. The Morgan fingerprint density at radius 1 is 1.15 bits per heavy atom. The number of carbonyl (C=O) groups excluding carboxylic acids is 1. The fraction of sp³-hybridized carbons (Fsp3) is 0.536. The standard InChI is InChI=1S/C28H38N2O3/c1-20(29-21(2)31)28(3)19-30(17-22-10-6-5-7-11-22)18-25(28)23-14-15-26(32-4)27(16-23)33-24-12-8-9-13-24/h5-7,10-11,14-16,20,24-25H,8-9,12-13,17-19H2,1-4H3,(H,29,31)/t20?,25-,28-/m0/s1. The van der Waals surface area contributed by atoms with Gasteiger partial charge in [0.05, 0.1) is 13.2 Å². The first-order valence-corrected chi connectivity index (χ1v) is 12.3. The quantitative estimate of drug-likeness (QED) is 0.605. The summed E-state index contributed by atoms with van der Waals surface area (Å²) in [6.45, 7) is 8.81. The lowest BCUT2D eigenvalue weighted by Crippen LogP contribution is -2.47. The van der Waals surface area contributed by atoms with Crippen molar-refractivity contribution in [3.8, 4) is 11.5 Å². The molecule has 178 valence electrons. The van der Waals surface area contributed by atoms with Crippen LogP contribution in [-0.4, -0.2) is 43.2 Å². The predicted molar refractivity (Wildman–Crippen MR) is 132 cm³/mol. The Morgan fingerprint density at radius 3 is 2.55 bits per heavy atom. The number of benzene rings is 2. The molecule has 2 fully saturated rings. The number of ether oxygens (including phenoxy) is 2. The molecule has 5 nitrogen and oxygen atoms in total. The number of carbonyl (C=O) groups is 1. The molecule has 0 radical (unpaired) electrons. The maximum atomic E-state index is 11.9. The number of likely N-dealkylation sites (tertiary alicyclic amines) is 1. The second kappa shape index (κ2) is 10.2. The van der Waals surface area contributed by atoms with Crippen LogP contribution >= 0.6 is 0 Å². The zero-order valence-electron chi connectivity index (χ0n) is 20.5. The van der Waals surface area contributed by atoms with Gasteiger partial charge in [-0.25, -0.2) is 0 Å². The van der Waals surface area contributed by atoms with Gasteiger partial charge in [-0.05, 0) is 55.9 Å². The summed E-state index contributed by atoms with van der Waals surface area (Å²) in [6.07, 6.45) is 4.96. The second-order valence-electron chi connectivity index (χ2n) is 10.1. The van der Waals surface area contributed by atoms with Crippen LogP contribution in [0, 0.1) is 5.41 Å². The molecule has 2 aromatic carbocycles. The molecule has 5 heteroatoms. The van der Waals surface area contributed by atoms with Crippen LogP contribution in [0.15, 0.2) is 48.5 Å². The van der Waals surface area contributed by atoms with Crippen molar-refractivity contribution in [3.63, 3.8) is 0 Å². The van der Waals surface area contributed by atoms with Crippen molar-refractivity contribution in [3.05, 3.63) is 59.7 Å². The van der Waals surface area contributed by atoms with Crippen molar-refractivity contribution in [1.82, 2.24) is 10.2 Å². The van der Waals surface area contributed by atoms with E-state index in [1.807, 2.05) is 6.07 Å². The van der Waals surface area contributed by atoms with E-state index in [2.05, 4.69) is 66.5 Å². The minimum Gasteiger partial charge on any atom is -0.493 e. The van der Waals surface area contributed by atoms with E-state index in [0.29, 0.717) is 0 Å². The molecule has 1 saturated carbocycles. The molecular formula is C28H38N2O3. The molecule has 1 N–H and O–H groups in total. The van der Waals surface area contributed by atoms with E-state index in [1.165, 1.54) is 24.0 Å². The Kier molecular flexibility index (Phi) is 7.28. The van der Waals surface area contributed by atoms with Gasteiger partial charge in [-0.3, -0.25) is 9.69 Å². The summed E-state index contributed by atoms with van der Waals surface area (Å²) in [5.74, 6) is 1.92. The van der Waals surface area contributed by atoms with Crippen molar-refractivity contribution < 1.29 is 14.3 Å². The van der Waals surface area contributed by atoms with Crippen molar-refractivity contribution in [2.45, 2.75) is 71.1 Å². The van der Waals surface area contributed by atoms with Crippen molar-refractivity contribution >= 4 is 5.91 Å². The number of methoxy groups -OCH3 is 1. The van der Waals surface area contributed by atoms with Crippen LogP contribution in [0.5, 0.6) is 11.5 Å². The van der Waals surface area contributed by atoms with Gasteiger partial charge in [0.25, 0.3) is 0 Å². The average Bonchev–Trinajstić information content (AvgIpc) is 3.42. The predicted octanol–water partition coefficient (Wildman–Crippen LogP) is 5.15. The molecule has 0 bridgehead atoms. The number of rotatable bonds is 8. The van der Waals surface area contributed by atoms with E-state index in [9.17, 15) is 4.79 Å². The van der Waals surface area contributed by atoms with E-state index in [1.54, 1.807) is 14.0 Å². The molecule has 1 heterocycles. The van der Waals surface area contributed by atoms with Crippen LogP contribution in [0.1, 0.15) is 63.5 Å². The van der Waals surface area contributed by atoms with Gasteiger partial charge in [0, 0.05) is 43.9 Å². The maximum Gasteiger partial charge on any atom is 0.217 e. The summed E-state index contributed by atoms with van der Waals surface area (Å²) in [7, 11) is 1.71. The fourth-order valence-corrected chi connectivity index (χ4v) is 5.67. The summed E-state index contributed by atoms with van der Waals surface area (Å²) in [5.41, 5.74) is 2.45. The van der Waals surface area contributed by atoms with E-state index in [0.717, 1.165) is 44.0 Å². The Labute approximate surface area is 198 Å². The molecule has 4 rings (SSSR count). The van der Waals surface area contributed by atoms with E-state index in [4.69, 9.17) is 9.47 Å². The fourth-order valence-electron chi connectivity index (χ4n) is 5.67. The maximum absolute atomic E-state index is 11.9. The summed E-state index contributed by atoms with van der Waals surface area (Å²) >= 11 is 0. The molecule has 3 atom stereocenters. The minimum atomic E-state index is -0.111. The summed E-state index contributed by atoms with van der Waals surface area (Å²) in [4.78, 5) is 14.5. The smallest absolute Gasteiger partial charge is 0.217 e. The van der Waals surface area contributed by atoms with Crippen LogP contribution in [0.4, 0.5) is 0 Å². The highest BCUT2D eigenvalue weighted by molar-refractivity contribution is 5.73. The topological polar surface area (TPSA) is 50.8 Å². The first-order valence-electron chi connectivity index (χ1n) is 12.3. The molecule has 1 aliphatic carbocycles. The van der Waals surface area contributed by atoms with Gasteiger partial charge in [-0.15, -0.1) is 0 Å². The third-order valence-electron chi connectivity index (χ3n) is 7.64. The third kappa shape index (κ3) is 5.35. The summed E-state index contributed by atoms with van der Waals surface area (Å²) in [5, 5.41) is 3.18.